The lowest BCUT2D eigenvalue weighted by molar-refractivity contribution is -0.172. The van der Waals surface area contributed by atoms with Crippen LogP contribution in [0.5, 0.6) is 5.75 Å². The maximum absolute atomic E-state index is 13.7. The van der Waals surface area contributed by atoms with Gasteiger partial charge in [0.25, 0.3) is 5.56 Å². The van der Waals surface area contributed by atoms with Gasteiger partial charge in [-0.1, -0.05) is 25.1 Å². The average molecular weight is 539 g/mol. The average Bonchev–Trinajstić information content (AvgIpc) is 3.34. The molecule has 0 aliphatic carbocycles. The third-order valence-corrected chi connectivity index (χ3v) is 8.22. The largest absolute Gasteiger partial charge is 0.497 e. The molecule has 0 bridgehead atoms. The summed E-state index contributed by atoms with van der Waals surface area (Å²) < 4.78 is 12.0. The second-order valence-electron chi connectivity index (χ2n) is 10.3. The van der Waals surface area contributed by atoms with Crippen LogP contribution in [0.2, 0.25) is 0 Å². The lowest BCUT2D eigenvalue weighted by Crippen LogP contribution is -2.44. The van der Waals surface area contributed by atoms with E-state index in [1.54, 1.807) is 29.6 Å². The van der Waals surface area contributed by atoms with Gasteiger partial charge >= 0.3 is 12.0 Å². The second kappa shape index (κ2) is 8.65. The molecule has 2 aromatic carbocycles. The number of carbonyl (C=O) groups excluding carboxylic acids is 2. The van der Waals surface area contributed by atoms with E-state index in [1.807, 2.05) is 42.5 Å². The van der Waals surface area contributed by atoms with Crippen molar-refractivity contribution < 1.29 is 24.2 Å². The summed E-state index contributed by atoms with van der Waals surface area (Å²) >= 11 is 0. The number of rotatable bonds is 5. The molecule has 0 unspecified atom stereocenters. The van der Waals surface area contributed by atoms with Crippen molar-refractivity contribution in [2.24, 2.45) is 0 Å². The number of pyridine rings is 2. The summed E-state index contributed by atoms with van der Waals surface area (Å²) in [5.74, 6) is -0.00677. The number of anilines is 2. The predicted octanol–water partition coefficient (Wildman–Crippen LogP) is 3.68. The quantitative estimate of drug-likeness (QED) is 0.327. The number of hydrogen-bond acceptors (Lipinski definition) is 7. The van der Waals surface area contributed by atoms with Gasteiger partial charge < -0.3 is 24.5 Å². The van der Waals surface area contributed by atoms with E-state index in [0.29, 0.717) is 41.2 Å². The second-order valence-corrected chi connectivity index (χ2v) is 10.3. The lowest BCUT2D eigenvalue weighted by Gasteiger charge is -2.31. The highest BCUT2D eigenvalue weighted by Gasteiger charge is 2.46. The summed E-state index contributed by atoms with van der Waals surface area (Å²) in [4.78, 5) is 46.3. The van der Waals surface area contributed by atoms with Gasteiger partial charge in [0, 0.05) is 23.1 Å². The van der Waals surface area contributed by atoms with Crippen LogP contribution in [0, 0.1) is 0 Å². The molecular formula is C30H26N4O6. The molecule has 1 atom stereocenters. The van der Waals surface area contributed by atoms with Crippen LogP contribution >= 0.6 is 0 Å². The standard InChI is InChI=1S/C30H26N4O6/c1-3-30(38)20-13-23-25-18(14-34(23)27(35)19(20)15-40-28(30)36)26-24-21(31-25)5-4-6-22(24)32-29(37)33(26)12-11-16-7-9-17(39-2)10-8-16/h4-10,13,38H,3,11-12,14-15H2,1-2H3,(H,32,37)/t30-/m0/s1. The summed E-state index contributed by atoms with van der Waals surface area (Å²) in [6.45, 7) is 2.08. The van der Waals surface area contributed by atoms with Crippen LogP contribution in [0.4, 0.5) is 16.2 Å². The van der Waals surface area contributed by atoms with E-state index in [9.17, 15) is 19.5 Å². The fourth-order valence-corrected chi connectivity index (χ4v) is 6.04. The number of urea groups is 1. The molecule has 0 radical (unpaired) electrons. The Morgan fingerprint density at radius 1 is 1.12 bits per heavy atom. The van der Waals surface area contributed by atoms with Crippen molar-refractivity contribution in [2.45, 2.75) is 38.5 Å². The minimum Gasteiger partial charge on any atom is -0.497 e. The number of esters is 1. The van der Waals surface area contributed by atoms with Crippen LogP contribution in [0.25, 0.3) is 22.3 Å². The minimum absolute atomic E-state index is 0.0631. The highest BCUT2D eigenvalue weighted by atomic mass is 16.6. The molecule has 10 heteroatoms. The van der Waals surface area contributed by atoms with E-state index in [4.69, 9.17) is 14.5 Å². The molecule has 2 aromatic heterocycles. The molecule has 5 heterocycles. The summed E-state index contributed by atoms with van der Waals surface area (Å²) in [5.41, 5.74) is 3.17. The van der Waals surface area contributed by atoms with Gasteiger partial charge in [0.2, 0.25) is 0 Å². The van der Waals surface area contributed by atoms with Crippen molar-refractivity contribution in [1.82, 2.24) is 9.55 Å². The molecule has 40 heavy (non-hydrogen) atoms. The first-order valence-corrected chi connectivity index (χ1v) is 13.2. The maximum atomic E-state index is 13.7. The summed E-state index contributed by atoms with van der Waals surface area (Å²) in [7, 11) is 1.62. The number of nitrogens with zero attached hydrogens (tertiary/aromatic N) is 3. The topological polar surface area (TPSA) is 123 Å². The van der Waals surface area contributed by atoms with Crippen molar-refractivity contribution in [3.63, 3.8) is 0 Å². The van der Waals surface area contributed by atoms with Gasteiger partial charge in [0.1, 0.15) is 12.4 Å². The Morgan fingerprint density at radius 3 is 2.67 bits per heavy atom. The number of ether oxygens (including phenoxy) is 2. The van der Waals surface area contributed by atoms with Gasteiger partial charge in [-0.3, -0.25) is 9.69 Å². The molecule has 3 aliphatic rings. The first-order valence-electron chi connectivity index (χ1n) is 13.2. The molecule has 0 fully saturated rings. The van der Waals surface area contributed by atoms with Crippen LogP contribution in [0.1, 0.15) is 35.6 Å². The Labute approximate surface area is 228 Å². The van der Waals surface area contributed by atoms with Gasteiger partial charge in [0.15, 0.2) is 5.60 Å². The number of fused-ring (bicyclic) bond motifs is 5. The third kappa shape index (κ3) is 3.32. The number of nitrogens with one attached hydrogen (secondary N) is 1. The molecule has 10 nitrogen and oxygen atoms in total. The predicted molar refractivity (Wildman–Crippen MR) is 148 cm³/mol. The van der Waals surface area contributed by atoms with Gasteiger partial charge in [-0.15, -0.1) is 0 Å². The van der Waals surface area contributed by atoms with E-state index >= 15 is 0 Å². The van der Waals surface area contributed by atoms with Crippen molar-refractivity contribution >= 4 is 34.3 Å². The van der Waals surface area contributed by atoms with E-state index in [1.165, 1.54) is 0 Å². The summed E-state index contributed by atoms with van der Waals surface area (Å²) in [6.07, 6.45) is 0.663. The fraction of sp³-hybridized carbons (Fsp3) is 0.267. The van der Waals surface area contributed by atoms with Gasteiger partial charge in [-0.05, 0) is 48.7 Å². The molecule has 202 valence electrons. The summed E-state index contributed by atoms with van der Waals surface area (Å²) in [6, 6.07) is 14.7. The van der Waals surface area contributed by atoms with Crippen molar-refractivity contribution in [2.75, 3.05) is 23.9 Å². The number of methoxy groups -OCH3 is 1. The van der Waals surface area contributed by atoms with E-state index in [2.05, 4.69) is 5.32 Å². The Kier molecular flexibility index (Phi) is 5.27. The van der Waals surface area contributed by atoms with Crippen molar-refractivity contribution in [3.05, 3.63) is 81.1 Å². The number of amides is 2. The fourth-order valence-electron chi connectivity index (χ4n) is 6.04. The molecule has 3 aliphatic heterocycles. The lowest BCUT2D eigenvalue weighted by atomic mass is 9.86. The normalized spacial score (nSPS) is 18.6. The van der Waals surface area contributed by atoms with E-state index < -0.39 is 11.6 Å². The number of aromatic nitrogens is 2. The summed E-state index contributed by atoms with van der Waals surface area (Å²) in [5, 5.41) is 15.0. The molecule has 0 saturated carbocycles. The first-order chi connectivity index (χ1) is 19.3. The number of hydrogen-bond donors (Lipinski definition) is 2. The highest BCUT2D eigenvalue weighted by Crippen LogP contribution is 2.46. The Bertz CT molecular complexity index is 1810. The van der Waals surface area contributed by atoms with Crippen LogP contribution in [-0.2, 0) is 34.7 Å². The molecule has 4 aromatic rings. The van der Waals surface area contributed by atoms with E-state index in [-0.39, 0.29) is 42.3 Å². The number of aliphatic hydroxyl groups is 1. The Balaban J connectivity index is 1.39. The third-order valence-electron chi connectivity index (χ3n) is 8.22. The first kappa shape index (κ1) is 24.3. The highest BCUT2D eigenvalue weighted by molar-refractivity contribution is 6.19. The zero-order chi connectivity index (χ0) is 27.8. The molecule has 2 N–H and O–H groups in total. The molecule has 0 saturated heterocycles. The maximum Gasteiger partial charge on any atom is 0.343 e. The van der Waals surface area contributed by atoms with Crippen LogP contribution in [0.3, 0.4) is 0 Å². The Hall–Kier alpha value is -4.70. The SMILES string of the molecule is CC[C@@]1(O)C(=O)OCc2c1cc1n(c2=O)Cc2c-1nc1cccc3c1c2N(CCc1ccc(OC)cc1)C(=O)N3. The molecular weight excluding hydrogens is 512 g/mol. The number of benzene rings is 2. The van der Waals surface area contributed by atoms with Crippen molar-refractivity contribution in [3.8, 4) is 17.1 Å². The molecule has 7 rings (SSSR count). The zero-order valence-electron chi connectivity index (χ0n) is 22.0. The van der Waals surface area contributed by atoms with Gasteiger partial charge in [-0.2, -0.15) is 0 Å². The van der Waals surface area contributed by atoms with Gasteiger partial charge in [-0.25, -0.2) is 14.6 Å². The van der Waals surface area contributed by atoms with Crippen molar-refractivity contribution in [1.29, 1.82) is 0 Å². The smallest absolute Gasteiger partial charge is 0.343 e. The van der Waals surface area contributed by atoms with Gasteiger partial charge in [0.05, 0.1) is 47.5 Å². The monoisotopic (exact) mass is 538 g/mol. The molecule has 0 spiro atoms. The van der Waals surface area contributed by atoms with Crippen LogP contribution < -0.4 is 20.5 Å². The number of carbonyl (C=O) groups is 2. The number of cyclic esters (lactones) is 1. The van der Waals surface area contributed by atoms with Crippen LogP contribution in [-0.4, -0.2) is 40.3 Å². The Morgan fingerprint density at radius 2 is 1.93 bits per heavy atom. The molecule has 2 amide bonds. The van der Waals surface area contributed by atoms with Crippen LogP contribution in [0.15, 0.2) is 53.3 Å². The zero-order valence-corrected chi connectivity index (χ0v) is 22.0. The minimum atomic E-state index is -1.91. The van der Waals surface area contributed by atoms with E-state index in [0.717, 1.165) is 22.3 Å².